The number of carbonyl (C=O) groups excluding carboxylic acids is 1. The van der Waals surface area contributed by atoms with E-state index in [1.54, 1.807) is 0 Å². The lowest BCUT2D eigenvalue weighted by Crippen LogP contribution is -2.34. The summed E-state index contributed by atoms with van der Waals surface area (Å²) in [4.78, 5) is 12.0. The van der Waals surface area contributed by atoms with Crippen LogP contribution in [0.15, 0.2) is 11.6 Å². The van der Waals surface area contributed by atoms with E-state index in [2.05, 4.69) is 33.0 Å². The van der Waals surface area contributed by atoms with Gasteiger partial charge in [-0.3, -0.25) is 4.79 Å². The van der Waals surface area contributed by atoms with E-state index in [1.165, 1.54) is 12.8 Å². The predicted octanol–water partition coefficient (Wildman–Crippen LogP) is 4.06. The third-order valence-corrected chi connectivity index (χ3v) is 4.52. The van der Waals surface area contributed by atoms with Gasteiger partial charge in [-0.1, -0.05) is 39.7 Å². The molecule has 2 nitrogen and oxygen atoms in total. The highest BCUT2D eigenvalue weighted by Gasteiger charge is 2.48. The van der Waals surface area contributed by atoms with Crippen molar-refractivity contribution in [3.05, 3.63) is 11.6 Å². The van der Waals surface area contributed by atoms with E-state index in [9.17, 15) is 4.79 Å². The Bertz CT molecular complexity index is 321. The van der Waals surface area contributed by atoms with Gasteiger partial charge in [0.1, 0.15) is 0 Å². The van der Waals surface area contributed by atoms with Gasteiger partial charge in [0.25, 0.3) is 0 Å². The number of carbonyl (C=O) groups is 1. The first-order valence-electron chi connectivity index (χ1n) is 7.42. The number of amides is 1. The van der Waals surface area contributed by atoms with E-state index in [0.717, 1.165) is 30.8 Å². The van der Waals surface area contributed by atoms with Crippen molar-refractivity contribution in [2.24, 2.45) is 11.3 Å². The molecule has 0 aromatic heterocycles. The Morgan fingerprint density at radius 3 is 2.61 bits per heavy atom. The molecule has 1 fully saturated rings. The summed E-state index contributed by atoms with van der Waals surface area (Å²) >= 11 is 0. The van der Waals surface area contributed by atoms with Crippen LogP contribution in [-0.2, 0) is 4.79 Å². The van der Waals surface area contributed by atoms with Crippen molar-refractivity contribution < 1.29 is 4.79 Å². The summed E-state index contributed by atoms with van der Waals surface area (Å²) in [6.45, 7) is 10.8. The molecule has 104 valence electrons. The van der Waals surface area contributed by atoms with Crippen molar-refractivity contribution in [2.45, 2.75) is 72.8 Å². The first kappa shape index (κ1) is 15.3. The zero-order valence-corrected chi connectivity index (χ0v) is 12.7. The Morgan fingerprint density at radius 1 is 1.50 bits per heavy atom. The van der Waals surface area contributed by atoms with Crippen molar-refractivity contribution in [2.75, 3.05) is 0 Å². The smallest absolute Gasteiger partial charge is 0.247 e. The van der Waals surface area contributed by atoms with E-state index in [1.807, 2.05) is 13.0 Å². The maximum Gasteiger partial charge on any atom is 0.247 e. The molecular formula is C16H29NO. The second kappa shape index (κ2) is 6.40. The van der Waals surface area contributed by atoms with Crippen LogP contribution in [0.2, 0.25) is 0 Å². The normalized spacial score (nSPS) is 28.9. The Hall–Kier alpha value is -0.790. The standard InChI is InChI=1S/C16H29NO/c1-6-9-13(7-2)15(18)17-12(4)10-14-11-16(14,5)8-3/h7,12,14H,6,8-11H2,1-5H3,(H,17,18)/b13-7+/t12?,14-,16-/m1/s1. The molecule has 0 saturated heterocycles. The molecule has 1 N–H and O–H groups in total. The lowest BCUT2D eigenvalue weighted by atomic mass is 9.99. The van der Waals surface area contributed by atoms with Crippen molar-refractivity contribution in [1.29, 1.82) is 0 Å². The van der Waals surface area contributed by atoms with Gasteiger partial charge in [0.2, 0.25) is 5.91 Å². The van der Waals surface area contributed by atoms with Gasteiger partial charge >= 0.3 is 0 Å². The minimum Gasteiger partial charge on any atom is -0.350 e. The average molecular weight is 251 g/mol. The molecule has 1 saturated carbocycles. The van der Waals surface area contributed by atoms with E-state index in [0.29, 0.717) is 11.5 Å². The fraction of sp³-hybridized carbons (Fsp3) is 0.812. The number of rotatable bonds is 7. The molecule has 18 heavy (non-hydrogen) atoms. The van der Waals surface area contributed by atoms with Gasteiger partial charge in [-0.2, -0.15) is 0 Å². The van der Waals surface area contributed by atoms with Gasteiger partial charge in [-0.05, 0) is 44.4 Å². The first-order valence-corrected chi connectivity index (χ1v) is 7.42. The highest BCUT2D eigenvalue weighted by Crippen LogP contribution is 2.56. The number of nitrogens with one attached hydrogen (secondary N) is 1. The summed E-state index contributed by atoms with van der Waals surface area (Å²) in [6.07, 6.45) is 7.56. The summed E-state index contributed by atoms with van der Waals surface area (Å²) in [7, 11) is 0. The predicted molar refractivity (Wildman–Crippen MR) is 77.4 cm³/mol. The fourth-order valence-electron chi connectivity index (χ4n) is 2.77. The largest absolute Gasteiger partial charge is 0.350 e. The topological polar surface area (TPSA) is 29.1 Å². The van der Waals surface area contributed by atoms with E-state index in [-0.39, 0.29) is 5.91 Å². The van der Waals surface area contributed by atoms with Crippen LogP contribution in [-0.4, -0.2) is 11.9 Å². The molecule has 0 aromatic rings. The van der Waals surface area contributed by atoms with Crippen LogP contribution in [0, 0.1) is 11.3 Å². The van der Waals surface area contributed by atoms with Crippen molar-refractivity contribution in [3.8, 4) is 0 Å². The molecule has 2 heteroatoms. The molecule has 0 aromatic carbocycles. The Kier molecular flexibility index (Phi) is 5.43. The van der Waals surface area contributed by atoms with Crippen molar-refractivity contribution in [3.63, 3.8) is 0 Å². The Balaban J connectivity index is 2.37. The van der Waals surface area contributed by atoms with Gasteiger partial charge in [0, 0.05) is 11.6 Å². The average Bonchev–Trinajstić information content (AvgIpc) is 2.97. The maximum absolute atomic E-state index is 12.0. The zero-order chi connectivity index (χ0) is 13.8. The molecule has 0 radical (unpaired) electrons. The minimum absolute atomic E-state index is 0.130. The second-order valence-corrected chi connectivity index (χ2v) is 6.08. The molecular weight excluding hydrogens is 222 g/mol. The van der Waals surface area contributed by atoms with Gasteiger partial charge in [0.05, 0.1) is 0 Å². The quantitative estimate of drug-likeness (QED) is 0.679. The number of hydrogen-bond acceptors (Lipinski definition) is 1. The first-order chi connectivity index (χ1) is 8.46. The molecule has 1 rings (SSSR count). The summed E-state index contributed by atoms with van der Waals surface area (Å²) in [5.41, 5.74) is 1.48. The minimum atomic E-state index is 0.130. The summed E-state index contributed by atoms with van der Waals surface area (Å²) in [5, 5.41) is 3.14. The van der Waals surface area contributed by atoms with Crippen molar-refractivity contribution >= 4 is 5.91 Å². The molecule has 3 atom stereocenters. The number of allylic oxidation sites excluding steroid dienone is 1. The van der Waals surface area contributed by atoms with Crippen LogP contribution in [0.1, 0.15) is 66.7 Å². The van der Waals surface area contributed by atoms with Gasteiger partial charge in [0.15, 0.2) is 0 Å². The van der Waals surface area contributed by atoms with Crippen molar-refractivity contribution in [1.82, 2.24) is 5.32 Å². The molecule has 0 spiro atoms. The maximum atomic E-state index is 12.0. The van der Waals surface area contributed by atoms with Gasteiger partial charge in [-0.15, -0.1) is 0 Å². The summed E-state index contributed by atoms with van der Waals surface area (Å²) in [5.74, 6) is 0.934. The lowest BCUT2D eigenvalue weighted by molar-refractivity contribution is -0.118. The van der Waals surface area contributed by atoms with Crippen LogP contribution >= 0.6 is 0 Å². The zero-order valence-electron chi connectivity index (χ0n) is 12.7. The highest BCUT2D eigenvalue weighted by molar-refractivity contribution is 5.93. The molecule has 1 unspecified atom stereocenters. The third kappa shape index (κ3) is 3.86. The molecule has 0 heterocycles. The highest BCUT2D eigenvalue weighted by atomic mass is 16.1. The van der Waals surface area contributed by atoms with Crippen LogP contribution in [0.5, 0.6) is 0 Å². The molecule has 0 aliphatic heterocycles. The van der Waals surface area contributed by atoms with E-state index >= 15 is 0 Å². The molecule has 1 aliphatic carbocycles. The van der Waals surface area contributed by atoms with Crippen LogP contribution in [0.3, 0.4) is 0 Å². The summed E-state index contributed by atoms with van der Waals surface area (Å²) < 4.78 is 0. The van der Waals surface area contributed by atoms with E-state index in [4.69, 9.17) is 0 Å². The summed E-state index contributed by atoms with van der Waals surface area (Å²) in [6, 6.07) is 0.294. The van der Waals surface area contributed by atoms with Gasteiger partial charge < -0.3 is 5.32 Å². The molecule has 1 aliphatic rings. The van der Waals surface area contributed by atoms with Gasteiger partial charge in [-0.25, -0.2) is 0 Å². The molecule has 1 amide bonds. The van der Waals surface area contributed by atoms with Crippen LogP contribution < -0.4 is 5.32 Å². The van der Waals surface area contributed by atoms with Crippen LogP contribution in [0.4, 0.5) is 0 Å². The third-order valence-electron chi connectivity index (χ3n) is 4.52. The Labute approximate surface area is 112 Å². The fourth-order valence-corrected chi connectivity index (χ4v) is 2.77. The monoisotopic (exact) mass is 251 g/mol. The Morgan fingerprint density at radius 2 is 2.17 bits per heavy atom. The SMILES string of the molecule is C/C=C(\CCC)C(=O)NC(C)C[C@@H]1C[C@@]1(C)CC. The number of hydrogen-bond donors (Lipinski definition) is 1. The second-order valence-electron chi connectivity index (χ2n) is 6.08. The van der Waals surface area contributed by atoms with E-state index < -0.39 is 0 Å². The lowest BCUT2D eigenvalue weighted by Gasteiger charge is -2.16. The molecule has 0 bridgehead atoms. The van der Waals surface area contributed by atoms with Crippen LogP contribution in [0.25, 0.3) is 0 Å².